The predicted octanol–water partition coefficient (Wildman–Crippen LogP) is 2.92. The highest BCUT2D eigenvalue weighted by Crippen LogP contribution is 2.22. The van der Waals surface area contributed by atoms with Crippen molar-refractivity contribution in [2.75, 3.05) is 12.3 Å². The van der Waals surface area contributed by atoms with Gasteiger partial charge in [-0.2, -0.15) is 4.98 Å². The van der Waals surface area contributed by atoms with E-state index in [-0.39, 0.29) is 30.0 Å². The molecule has 1 heterocycles. The van der Waals surface area contributed by atoms with E-state index in [0.29, 0.717) is 12.0 Å². The van der Waals surface area contributed by atoms with Gasteiger partial charge in [0.1, 0.15) is 5.83 Å². The number of nitrogen functional groups attached to an aromatic ring is 1. The quantitative estimate of drug-likeness (QED) is 0.899. The van der Waals surface area contributed by atoms with E-state index in [4.69, 9.17) is 10.5 Å². The van der Waals surface area contributed by atoms with Gasteiger partial charge in [0.25, 0.3) is 0 Å². The van der Waals surface area contributed by atoms with Crippen LogP contribution in [0.2, 0.25) is 0 Å². The fraction of sp³-hybridized carbons (Fsp3) is 0.308. The maximum absolute atomic E-state index is 13.1. The molecular formula is C13H14F2N2O. The summed E-state index contributed by atoms with van der Waals surface area (Å²) in [6, 6.07) is 1.27. The third kappa shape index (κ3) is 2.85. The molecule has 1 aliphatic carbocycles. The lowest BCUT2D eigenvalue weighted by atomic mass is 10.0. The van der Waals surface area contributed by atoms with Crippen LogP contribution in [0.1, 0.15) is 12.0 Å². The topological polar surface area (TPSA) is 48.1 Å². The van der Waals surface area contributed by atoms with Crippen molar-refractivity contribution in [3.05, 3.63) is 41.5 Å². The van der Waals surface area contributed by atoms with Crippen LogP contribution in [-0.2, 0) is 0 Å². The van der Waals surface area contributed by atoms with Gasteiger partial charge in [-0.3, -0.25) is 0 Å². The lowest BCUT2D eigenvalue weighted by molar-refractivity contribution is 0.262. The molecule has 0 saturated carbocycles. The SMILES string of the molecule is Cc1cc(F)c(N)nc1OCC1C=C(F)C=CC1. The smallest absolute Gasteiger partial charge is 0.218 e. The largest absolute Gasteiger partial charge is 0.477 e. The number of hydrogen-bond acceptors (Lipinski definition) is 3. The molecule has 18 heavy (non-hydrogen) atoms. The van der Waals surface area contributed by atoms with Crippen molar-refractivity contribution in [1.82, 2.24) is 4.98 Å². The number of ether oxygens (including phenoxy) is 1. The molecular weight excluding hydrogens is 238 g/mol. The van der Waals surface area contributed by atoms with Gasteiger partial charge >= 0.3 is 0 Å². The standard InChI is InChI=1S/C13H14F2N2O/c1-8-5-11(15)12(16)17-13(8)18-7-9-3-2-4-10(14)6-9/h2,4-6,9H,3,7H2,1H3,(H2,16,17). The lowest BCUT2D eigenvalue weighted by Gasteiger charge is -2.15. The number of nitrogens with zero attached hydrogens (tertiary/aromatic N) is 1. The van der Waals surface area contributed by atoms with Gasteiger partial charge in [0.15, 0.2) is 11.6 Å². The number of rotatable bonds is 3. The summed E-state index contributed by atoms with van der Waals surface area (Å²) in [5.41, 5.74) is 5.94. The highest BCUT2D eigenvalue weighted by Gasteiger charge is 2.13. The molecule has 0 fully saturated rings. The van der Waals surface area contributed by atoms with E-state index in [2.05, 4.69) is 4.98 Å². The summed E-state index contributed by atoms with van der Waals surface area (Å²) in [6.45, 7) is 1.97. The van der Waals surface area contributed by atoms with Crippen LogP contribution in [0.3, 0.4) is 0 Å². The van der Waals surface area contributed by atoms with Crippen LogP contribution in [0, 0.1) is 18.7 Å². The molecule has 0 radical (unpaired) electrons. The van der Waals surface area contributed by atoms with Crippen LogP contribution < -0.4 is 10.5 Å². The summed E-state index contributed by atoms with van der Waals surface area (Å²) < 4.78 is 31.5. The Kier molecular flexibility index (Phi) is 3.60. The molecule has 3 nitrogen and oxygen atoms in total. The molecule has 1 unspecified atom stereocenters. The summed E-state index contributed by atoms with van der Waals surface area (Å²) in [6.07, 6.45) is 5.39. The molecule has 1 aliphatic rings. The molecule has 1 aromatic rings. The number of hydrogen-bond donors (Lipinski definition) is 1. The predicted molar refractivity (Wildman–Crippen MR) is 65.3 cm³/mol. The van der Waals surface area contributed by atoms with Gasteiger partial charge in [-0.1, -0.05) is 6.08 Å². The number of allylic oxidation sites excluding steroid dienone is 3. The Labute approximate surface area is 104 Å². The number of aryl methyl sites for hydroxylation is 1. The molecule has 0 bridgehead atoms. The van der Waals surface area contributed by atoms with Crippen LogP contribution in [0.5, 0.6) is 5.88 Å². The molecule has 96 valence electrons. The minimum atomic E-state index is -0.564. The molecule has 5 heteroatoms. The Balaban J connectivity index is 2.03. The first-order valence-electron chi connectivity index (χ1n) is 5.65. The van der Waals surface area contributed by atoms with E-state index in [1.54, 1.807) is 13.0 Å². The molecule has 0 saturated heterocycles. The maximum atomic E-state index is 13.1. The fourth-order valence-corrected chi connectivity index (χ4v) is 1.73. The van der Waals surface area contributed by atoms with Crippen LogP contribution >= 0.6 is 0 Å². The van der Waals surface area contributed by atoms with Crippen molar-refractivity contribution >= 4 is 5.82 Å². The minimum absolute atomic E-state index is 0.0394. The number of halogens is 2. The summed E-state index contributed by atoms with van der Waals surface area (Å²) in [5.74, 6) is -0.773. The molecule has 0 aliphatic heterocycles. The van der Waals surface area contributed by atoms with E-state index >= 15 is 0 Å². The zero-order valence-corrected chi connectivity index (χ0v) is 9.99. The van der Waals surface area contributed by atoms with E-state index in [1.165, 1.54) is 18.2 Å². The lowest BCUT2D eigenvalue weighted by Crippen LogP contribution is -2.13. The van der Waals surface area contributed by atoms with Gasteiger partial charge in [-0.05, 0) is 31.6 Å². The number of aromatic nitrogens is 1. The van der Waals surface area contributed by atoms with E-state index in [1.807, 2.05) is 0 Å². The average molecular weight is 252 g/mol. The Bertz CT molecular complexity index is 512. The molecule has 1 aromatic heterocycles. The van der Waals surface area contributed by atoms with Crippen molar-refractivity contribution in [2.45, 2.75) is 13.3 Å². The van der Waals surface area contributed by atoms with E-state index < -0.39 is 5.82 Å². The van der Waals surface area contributed by atoms with Gasteiger partial charge in [0.2, 0.25) is 5.88 Å². The van der Waals surface area contributed by atoms with Crippen LogP contribution in [0.15, 0.2) is 30.1 Å². The highest BCUT2D eigenvalue weighted by atomic mass is 19.1. The zero-order valence-electron chi connectivity index (χ0n) is 9.99. The van der Waals surface area contributed by atoms with Crippen LogP contribution in [0.4, 0.5) is 14.6 Å². The van der Waals surface area contributed by atoms with Crippen molar-refractivity contribution in [1.29, 1.82) is 0 Å². The second kappa shape index (κ2) is 5.16. The normalized spacial score (nSPS) is 18.6. The maximum Gasteiger partial charge on any atom is 0.218 e. The molecule has 2 N–H and O–H groups in total. The van der Waals surface area contributed by atoms with Gasteiger partial charge < -0.3 is 10.5 Å². The Morgan fingerprint density at radius 1 is 1.50 bits per heavy atom. The highest BCUT2D eigenvalue weighted by molar-refractivity contribution is 5.38. The third-order valence-electron chi connectivity index (χ3n) is 2.69. The minimum Gasteiger partial charge on any atom is -0.477 e. The molecule has 1 atom stereocenters. The molecule has 0 amide bonds. The van der Waals surface area contributed by atoms with Crippen LogP contribution in [-0.4, -0.2) is 11.6 Å². The molecule has 0 aromatic carbocycles. The second-order valence-electron chi connectivity index (χ2n) is 4.24. The number of pyridine rings is 1. The Hall–Kier alpha value is -1.91. The monoisotopic (exact) mass is 252 g/mol. The van der Waals surface area contributed by atoms with Gasteiger partial charge in [-0.15, -0.1) is 0 Å². The van der Waals surface area contributed by atoms with Gasteiger partial charge in [0.05, 0.1) is 6.61 Å². The number of anilines is 1. The van der Waals surface area contributed by atoms with Crippen molar-refractivity contribution in [3.63, 3.8) is 0 Å². The van der Waals surface area contributed by atoms with E-state index in [0.717, 1.165) is 0 Å². The zero-order chi connectivity index (χ0) is 13.1. The van der Waals surface area contributed by atoms with Crippen molar-refractivity contribution < 1.29 is 13.5 Å². The first-order chi connectivity index (χ1) is 8.56. The molecule has 0 spiro atoms. The summed E-state index contributed by atoms with van der Waals surface area (Å²) in [4.78, 5) is 3.82. The first kappa shape index (κ1) is 12.5. The Morgan fingerprint density at radius 3 is 3.00 bits per heavy atom. The van der Waals surface area contributed by atoms with Crippen LogP contribution in [0.25, 0.3) is 0 Å². The summed E-state index contributed by atoms with van der Waals surface area (Å²) >= 11 is 0. The second-order valence-corrected chi connectivity index (χ2v) is 4.24. The first-order valence-corrected chi connectivity index (χ1v) is 5.65. The van der Waals surface area contributed by atoms with Gasteiger partial charge in [0, 0.05) is 11.5 Å². The van der Waals surface area contributed by atoms with Gasteiger partial charge in [-0.25, -0.2) is 8.78 Å². The van der Waals surface area contributed by atoms with Crippen molar-refractivity contribution in [2.24, 2.45) is 5.92 Å². The molecule has 2 rings (SSSR count). The summed E-state index contributed by atoms with van der Waals surface area (Å²) in [7, 11) is 0. The average Bonchev–Trinajstić information content (AvgIpc) is 2.32. The van der Waals surface area contributed by atoms with E-state index in [9.17, 15) is 8.78 Å². The van der Waals surface area contributed by atoms with Crippen molar-refractivity contribution in [3.8, 4) is 5.88 Å². The fourth-order valence-electron chi connectivity index (χ4n) is 1.73. The number of nitrogens with two attached hydrogens (primary N) is 1. The third-order valence-corrected chi connectivity index (χ3v) is 2.69. The Morgan fingerprint density at radius 2 is 2.28 bits per heavy atom. The summed E-state index contributed by atoms with van der Waals surface area (Å²) in [5, 5.41) is 0.